The van der Waals surface area contributed by atoms with Crippen molar-refractivity contribution in [3.8, 4) is 0 Å². The van der Waals surface area contributed by atoms with Crippen molar-refractivity contribution in [3.63, 3.8) is 0 Å². The summed E-state index contributed by atoms with van der Waals surface area (Å²) in [5.74, 6) is 0. The van der Waals surface area contributed by atoms with Gasteiger partial charge in [-0.1, -0.05) is 18.2 Å². The number of anilines is 1. The van der Waals surface area contributed by atoms with E-state index in [0.29, 0.717) is 10.8 Å². The minimum atomic E-state index is -0.520. The SMILES string of the molecule is CCN(O)C(=O)Nc1ccccc1. The zero-order valence-corrected chi connectivity index (χ0v) is 7.40. The molecular weight excluding hydrogens is 168 g/mol. The Labute approximate surface area is 76.7 Å². The van der Waals surface area contributed by atoms with Crippen molar-refractivity contribution in [3.05, 3.63) is 30.3 Å². The fourth-order valence-electron chi connectivity index (χ4n) is 0.853. The molecule has 13 heavy (non-hydrogen) atoms. The van der Waals surface area contributed by atoms with Crippen LogP contribution in [0.15, 0.2) is 30.3 Å². The molecule has 0 atom stereocenters. The molecule has 0 unspecified atom stereocenters. The summed E-state index contributed by atoms with van der Waals surface area (Å²) in [5, 5.41) is 12.2. The quantitative estimate of drug-likeness (QED) is 0.539. The van der Waals surface area contributed by atoms with Crippen LogP contribution in [-0.4, -0.2) is 22.8 Å². The van der Waals surface area contributed by atoms with Crippen molar-refractivity contribution in [1.29, 1.82) is 0 Å². The topological polar surface area (TPSA) is 52.6 Å². The van der Waals surface area contributed by atoms with E-state index in [0.717, 1.165) is 0 Å². The van der Waals surface area contributed by atoms with Gasteiger partial charge < -0.3 is 5.32 Å². The standard InChI is InChI=1S/C9H12N2O2/c1-2-11(13)9(12)10-8-6-4-3-5-7-8/h3-7,13H,2H2,1H3,(H,10,12). The van der Waals surface area contributed by atoms with Crippen LogP contribution in [0.4, 0.5) is 10.5 Å². The van der Waals surface area contributed by atoms with E-state index in [-0.39, 0.29) is 6.54 Å². The summed E-state index contributed by atoms with van der Waals surface area (Å²) in [6.45, 7) is 1.95. The minimum absolute atomic E-state index is 0.263. The fourth-order valence-corrected chi connectivity index (χ4v) is 0.853. The largest absolute Gasteiger partial charge is 0.345 e. The molecule has 70 valence electrons. The summed E-state index contributed by atoms with van der Waals surface area (Å²) in [5.41, 5.74) is 0.667. The van der Waals surface area contributed by atoms with Gasteiger partial charge in [-0.05, 0) is 19.1 Å². The first-order chi connectivity index (χ1) is 6.24. The smallest absolute Gasteiger partial charge is 0.306 e. The molecule has 0 spiro atoms. The molecule has 2 N–H and O–H groups in total. The first-order valence-electron chi connectivity index (χ1n) is 4.06. The Hall–Kier alpha value is -1.55. The first-order valence-corrected chi connectivity index (χ1v) is 4.06. The Morgan fingerprint density at radius 2 is 2.08 bits per heavy atom. The van der Waals surface area contributed by atoms with Crippen LogP contribution in [0.2, 0.25) is 0 Å². The highest BCUT2D eigenvalue weighted by molar-refractivity contribution is 5.88. The molecular formula is C9H12N2O2. The van der Waals surface area contributed by atoms with Gasteiger partial charge in [-0.15, -0.1) is 0 Å². The molecule has 0 fully saturated rings. The summed E-state index contributed by atoms with van der Waals surface area (Å²) in [6, 6.07) is 8.45. The number of carbonyl (C=O) groups is 1. The van der Waals surface area contributed by atoms with Crippen LogP contribution < -0.4 is 5.32 Å². The number of hydrogen-bond acceptors (Lipinski definition) is 2. The molecule has 4 nitrogen and oxygen atoms in total. The number of benzene rings is 1. The molecule has 0 saturated carbocycles. The molecule has 0 heterocycles. The highest BCUT2D eigenvalue weighted by Gasteiger charge is 2.06. The molecule has 2 amide bonds. The van der Waals surface area contributed by atoms with E-state index in [9.17, 15) is 4.79 Å². The zero-order chi connectivity index (χ0) is 9.68. The van der Waals surface area contributed by atoms with Crippen LogP contribution in [0.1, 0.15) is 6.92 Å². The lowest BCUT2D eigenvalue weighted by Crippen LogP contribution is -2.31. The van der Waals surface area contributed by atoms with Crippen molar-refractivity contribution >= 4 is 11.7 Å². The number of rotatable bonds is 2. The average molecular weight is 180 g/mol. The lowest BCUT2D eigenvalue weighted by Gasteiger charge is -2.12. The molecule has 0 aliphatic heterocycles. The van der Waals surface area contributed by atoms with E-state index in [1.807, 2.05) is 18.2 Å². The molecule has 0 radical (unpaired) electrons. The summed E-state index contributed by atoms with van der Waals surface area (Å²) in [6.07, 6.45) is 0. The summed E-state index contributed by atoms with van der Waals surface area (Å²) in [4.78, 5) is 11.1. The van der Waals surface area contributed by atoms with E-state index in [2.05, 4.69) is 5.32 Å². The second-order valence-corrected chi connectivity index (χ2v) is 2.51. The van der Waals surface area contributed by atoms with Crippen molar-refractivity contribution in [2.75, 3.05) is 11.9 Å². The highest BCUT2D eigenvalue weighted by Crippen LogP contribution is 2.05. The van der Waals surface area contributed by atoms with E-state index in [1.165, 1.54) is 0 Å². The van der Waals surface area contributed by atoms with Gasteiger partial charge in [0.05, 0.1) is 0 Å². The average Bonchev–Trinajstić information content (AvgIpc) is 2.18. The lowest BCUT2D eigenvalue weighted by molar-refractivity contribution is -0.0324. The lowest BCUT2D eigenvalue weighted by atomic mass is 10.3. The third kappa shape index (κ3) is 2.76. The van der Waals surface area contributed by atoms with Gasteiger partial charge in [-0.25, -0.2) is 9.86 Å². The van der Waals surface area contributed by atoms with Gasteiger partial charge in [0.2, 0.25) is 0 Å². The van der Waals surface area contributed by atoms with E-state index < -0.39 is 6.03 Å². The minimum Gasteiger partial charge on any atom is -0.306 e. The fraction of sp³-hybridized carbons (Fsp3) is 0.222. The number of para-hydroxylation sites is 1. The molecule has 1 aromatic carbocycles. The third-order valence-electron chi connectivity index (χ3n) is 1.56. The first kappa shape index (κ1) is 9.54. The number of hydrogen-bond donors (Lipinski definition) is 2. The molecule has 1 rings (SSSR count). The normalized spacial score (nSPS) is 9.38. The maximum atomic E-state index is 11.1. The molecule has 0 aromatic heterocycles. The summed E-state index contributed by atoms with van der Waals surface area (Å²) in [7, 11) is 0. The Bertz CT molecular complexity index is 274. The number of urea groups is 1. The van der Waals surface area contributed by atoms with Crippen LogP contribution >= 0.6 is 0 Å². The Balaban J connectivity index is 2.55. The van der Waals surface area contributed by atoms with Crippen LogP contribution in [0, 0.1) is 0 Å². The maximum absolute atomic E-state index is 11.1. The zero-order valence-electron chi connectivity index (χ0n) is 7.40. The summed E-state index contributed by atoms with van der Waals surface area (Å²) < 4.78 is 0. The van der Waals surface area contributed by atoms with E-state index in [4.69, 9.17) is 5.21 Å². The van der Waals surface area contributed by atoms with Gasteiger partial charge in [0, 0.05) is 12.2 Å². The van der Waals surface area contributed by atoms with E-state index >= 15 is 0 Å². The Kier molecular flexibility index (Phi) is 3.28. The Morgan fingerprint density at radius 3 is 2.62 bits per heavy atom. The van der Waals surface area contributed by atoms with Crippen LogP contribution in [0.3, 0.4) is 0 Å². The molecule has 0 aliphatic rings. The van der Waals surface area contributed by atoms with Gasteiger partial charge in [0.15, 0.2) is 0 Å². The number of nitrogens with one attached hydrogen (secondary N) is 1. The number of carbonyl (C=O) groups excluding carboxylic acids is 1. The van der Waals surface area contributed by atoms with Crippen LogP contribution in [0.5, 0.6) is 0 Å². The monoisotopic (exact) mass is 180 g/mol. The second-order valence-electron chi connectivity index (χ2n) is 2.51. The van der Waals surface area contributed by atoms with Gasteiger partial charge >= 0.3 is 6.03 Å². The molecule has 0 aliphatic carbocycles. The molecule has 4 heteroatoms. The molecule has 1 aromatic rings. The third-order valence-corrected chi connectivity index (χ3v) is 1.56. The molecule has 0 saturated heterocycles. The van der Waals surface area contributed by atoms with Crippen LogP contribution in [0.25, 0.3) is 0 Å². The van der Waals surface area contributed by atoms with Crippen molar-refractivity contribution in [2.24, 2.45) is 0 Å². The van der Waals surface area contributed by atoms with Crippen molar-refractivity contribution < 1.29 is 10.0 Å². The van der Waals surface area contributed by atoms with Crippen molar-refractivity contribution in [2.45, 2.75) is 6.92 Å². The van der Waals surface area contributed by atoms with Gasteiger partial charge in [0.25, 0.3) is 0 Å². The number of amides is 2. The Morgan fingerprint density at radius 1 is 1.46 bits per heavy atom. The summed E-state index contributed by atoms with van der Waals surface area (Å²) >= 11 is 0. The van der Waals surface area contributed by atoms with Gasteiger partial charge in [-0.3, -0.25) is 5.21 Å². The van der Waals surface area contributed by atoms with Gasteiger partial charge in [0.1, 0.15) is 0 Å². The predicted molar refractivity (Wildman–Crippen MR) is 49.6 cm³/mol. The maximum Gasteiger partial charge on any atom is 0.345 e. The van der Waals surface area contributed by atoms with Crippen LogP contribution in [-0.2, 0) is 0 Å². The van der Waals surface area contributed by atoms with Crippen molar-refractivity contribution in [1.82, 2.24) is 5.06 Å². The molecule has 0 bridgehead atoms. The highest BCUT2D eigenvalue weighted by atomic mass is 16.5. The van der Waals surface area contributed by atoms with E-state index in [1.54, 1.807) is 19.1 Å². The predicted octanol–water partition coefficient (Wildman–Crippen LogP) is 1.93. The number of hydroxylamine groups is 2. The number of nitrogens with zero attached hydrogens (tertiary/aromatic N) is 1. The van der Waals surface area contributed by atoms with Gasteiger partial charge in [-0.2, -0.15) is 0 Å². The second kappa shape index (κ2) is 4.47.